The zero-order valence-electron chi connectivity index (χ0n) is 11.5. The topological polar surface area (TPSA) is 9.23 Å². The third-order valence-corrected chi connectivity index (χ3v) is 4.91. The largest absolute Gasteiger partial charge is 0.491 e. The highest BCUT2D eigenvalue weighted by molar-refractivity contribution is 9.09. The summed E-state index contributed by atoms with van der Waals surface area (Å²) in [5, 5.41) is 0. The fraction of sp³-hybridized carbons (Fsp3) is 0.600. The normalized spacial score (nSPS) is 13.8. The van der Waals surface area contributed by atoms with Crippen molar-refractivity contribution in [3.8, 4) is 5.75 Å². The SMILES string of the molecule is CCC(C)(C)C(Br)c1ccc(OC(C)C)cc1. The molecule has 0 spiro atoms. The third-order valence-electron chi connectivity index (χ3n) is 3.14. The van der Waals surface area contributed by atoms with E-state index in [1.54, 1.807) is 0 Å². The fourth-order valence-electron chi connectivity index (χ4n) is 1.62. The van der Waals surface area contributed by atoms with Gasteiger partial charge in [0.25, 0.3) is 0 Å². The first-order chi connectivity index (χ1) is 7.86. The van der Waals surface area contributed by atoms with Gasteiger partial charge in [0, 0.05) is 4.83 Å². The molecular formula is C15H23BrO. The summed E-state index contributed by atoms with van der Waals surface area (Å²) in [5.41, 5.74) is 1.58. The summed E-state index contributed by atoms with van der Waals surface area (Å²) in [5.74, 6) is 0.942. The highest BCUT2D eigenvalue weighted by atomic mass is 79.9. The van der Waals surface area contributed by atoms with Gasteiger partial charge >= 0.3 is 0 Å². The van der Waals surface area contributed by atoms with Gasteiger partial charge in [-0.2, -0.15) is 0 Å². The average molecular weight is 299 g/mol. The maximum Gasteiger partial charge on any atom is 0.119 e. The van der Waals surface area contributed by atoms with E-state index >= 15 is 0 Å². The molecule has 0 saturated heterocycles. The highest BCUT2D eigenvalue weighted by Crippen LogP contribution is 2.43. The van der Waals surface area contributed by atoms with E-state index in [2.05, 4.69) is 61.0 Å². The first-order valence-corrected chi connectivity index (χ1v) is 7.19. The van der Waals surface area contributed by atoms with Crippen molar-refractivity contribution in [2.75, 3.05) is 0 Å². The van der Waals surface area contributed by atoms with Crippen LogP contribution in [0.2, 0.25) is 0 Å². The van der Waals surface area contributed by atoms with Gasteiger partial charge in [-0.05, 0) is 43.4 Å². The molecule has 1 unspecified atom stereocenters. The quantitative estimate of drug-likeness (QED) is 0.666. The number of halogens is 1. The van der Waals surface area contributed by atoms with Gasteiger partial charge in [0.05, 0.1) is 6.10 Å². The number of rotatable bonds is 5. The minimum absolute atomic E-state index is 0.229. The molecule has 0 radical (unpaired) electrons. The second-order valence-electron chi connectivity index (χ2n) is 5.44. The molecule has 0 amide bonds. The molecular weight excluding hydrogens is 276 g/mol. The Morgan fingerprint density at radius 3 is 2.12 bits per heavy atom. The lowest BCUT2D eigenvalue weighted by Crippen LogP contribution is -2.16. The van der Waals surface area contributed by atoms with Crippen LogP contribution in [0.4, 0.5) is 0 Å². The van der Waals surface area contributed by atoms with E-state index in [0.717, 1.165) is 12.2 Å². The average Bonchev–Trinajstić information content (AvgIpc) is 2.28. The van der Waals surface area contributed by atoms with Gasteiger partial charge < -0.3 is 4.74 Å². The number of ether oxygens (including phenoxy) is 1. The van der Waals surface area contributed by atoms with Gasteiger partial charge in [-0.15, -0.1) is 0 Å². The monoisotopic (exact) mass is 298 g/mol. The van der Waals surface area contributed by atoms with Gasteiger partial charge in [-0.3, -0.25) is 0 Å². The molecule has 1 aromatic carbocycles. The molecule has 17 heavy (non-hydrogen) atoms. The number of alkyl halides is 1. The van der Waals surface area contributed by atoms with Crippen LogP contribution in [0.5, 0.6) is 5.75 Å². The van der Waals surface area contributed by atoms with E-state index in [-0.39, 0.29) is 11.5 Å². The lowest BCUT2D eigenvalue weighted by Gasteiger charge is -2.29. The Labute approximate surface area is 114 Å². The Kier molecular flexibility index (Phi) is 5.05. The number of benzene rings is 1. The summed E-state index contributed by atoms with van der Waals surface area (Å²) in [6.45, 7) is 10.9. The molecule has 1 rings (SSSR count). The first-order valence-electron chi connectivity index (χ1n) is 6.27. The van der Waals surface area contributed by atoms with E-state index < -0.39 is 0 Å². The van der Waals surface area contributed by atoms with Gasteiger partial charge in [-0.25, -0.2) is 0 Å². The summed E-state index contributed by atoms with van der Waals surface area (Å²) in [4.78, 5) is 0.382. The zero-order chi connectivity index (χ0) is 13.1. The third kappa shape index (κ3) is 4.02. The van der Waals surface area contributed by atoms with E-state index in [1.807, 2.05) is 13.8 Å². The van der Waals surface area contributed by atoms with E-state index in [0.29, 0.717) is 4.83 Å². The maximum atomic E-state index is 5.65. The summed E-state index contributed by atoms with van der Waals surface area (Å²) in [6, 6.07) is 8.40. The molecule has 0 saturated carbocycles. The minimum Gasteiger partial charge on any atom is -0.491 e. The Balaban J connectivity index is 2.80. The van der Waals surface area contributed by atoms with Gasteiger partial charge in [0.1, 0.15) is 5.75 Å². The molecule has 0 aliphatic rings. The van der Waals surface area contributed by atoms with Crippen molar-refractivity contribution < 1.29 is 4.74 Å². The van der Waals surface area contributed by atoms with Crippen molar-refractivity contribution in [2.24, 2.45) is 5.41 Å². The molecule has 1 nitrogen and oxygen atoms in total. The molecule has 0 aliphatic heterocycles. The molecule has 0 fully saturated rings. The first kappa shape index (κ1) is 14.6. The Bertz CT molecular complexity index is 340. The van der Waals surface area contributed by atoms with Gasteiger partial charge in [0.15, 0.2) is 0 Å². The molecule has 0 N–H and O–H groups in total. The Morgan fingerprint density at radius 2 is 1.71 bits per heavy atom. The van der Waals surface area contributed by atoms with Crippen LogP contribution in [0, 0.1) is 5.41 Å². The molecule has 96 valence electrons. The van der Waals surface area contributed by atoms with Crippen molar-refractivity contribution in [2.45, 2.75) is 52.0 Å². The highest BCUT2D eigenvalue weighted by Gasteiger charge is 2.26. The van der Waals surface area contributed by atoms with Crippen molar-refractivity contribution in [3.05, 3.63) is 29.8 Å². The second-order valence-corrected chi connectivity index (χ2v) is 6.36. The van der Waals surface area contributed by atoms with Crippen LogP contribution in [-0.4, -0.2) is 6.10 Å². The molecule has 2 heteroatoms. The molecule has 0 aliphatic carbocycles. The molecule has 1 aromatic rings. The standard InChI is InChI=1S/C15H23BrO/c1-6-15(4,5)14(16)12-7-9-13(10-8-12)17-11(2)3/h7-11,14H,6H2,1-5H3. The van der Waals surface area contributed by atoms with Crippen LogP contribution in [0.15, 0.2) is 24.3 Å². The Hall–Kier alpha value is -0.500. The van der Waals surface area contributed by atoms with Gasteiger partial charge in [0.2, 0.25) is 0 Å². The van der Waals surface area contributed by atoms with Crippen LogP contribution in [0.1, 0.15) is 51.4 Å². The lowest BCUT2D eigenvalue weighted by atomic mass is 9.83. The minimum atomic E-state index is 0.229. The van der Waals surface area contributed by atoms with Crippen molar-refractivity contribution in [1.82, 2.24) is 0 Å². The zero-order valence-corrected chi connectivity index (χ0v) is 13.0. The van der Waals surface area contributed by atoms with E-state index in [1.165, 1.54) is 5.56 Å². The van der Waals surface area contributed by atoms with Crippen LogP contribution < -0.4 is 4.74 Å². The molecule has 0 aromatic heterocycles. The van der Waals surface area contributed by atoms with Crippen molar-refractivity contribution in [1.29, 1.82) is 0 Å². The molecule has 0 heterocycles. The smallest absolute Gasteiger partial charge is 0.119 e. The van der Waals surface area contributed by atoms with Crippen LogP contribution >= 0.6 is 15.9 Å². The second kappa shape index (κ2) is 5.90. The van der Waals surface area contributed by atoms with Crippen LogP contribution in [-0.2, 0) is 0 Å². The number of hydrogen-bond acceptors (Lipinski definition) is 1. The summed E-state index contributed by atoms with van der Waals surface area (Å²) < 4.78 is 5.65. The lowest BCUT2D eigenvalue weighted by molar-refractivity contribution is 0.242. The fourth-order valence-corrected chi connectivity index (χ4v) is 2.25. The van der Waals surface area contributed by atoms with Crippen molar-refractivity contribution >= 4 is 15.9 Å². The maximum absolute atomic E-state index is 5.65. The molecule has 0 bridgehead atoms. The predicted octanol–water partition coefficient (Wildman–Crippen LogP) is 5.35. The van der Waals surface area contributed by atoms with Crippen LogP contribution in [0.3, 0.4) is 0 Å². The van der Waals surface area contributed by atoms with E-state index in [9.17, 15) is 0 Å². The Morgan fingerprint density at radius 1 is 1.18 bits per heavy atom. The predicted molar refractivity (Wildman–Crippen MR) is 77.9 cm³/mol. The summed E-state index contributed by atoms with van der Waals surface area (Å²) in [6.07, 6.45) is 1.38. The summed E-state index contributed by atoms with van der Waals surface area (Å²) >= 11 is 3.80. The van der Waals surface area contributed by atoms with E-state index in [4.69, 9.17) is 4.74 Å². The molecule has 1 atom stereocenters. The van der Waals surface area contributed by atoms with Gasteiger partial charge in [-0.1, -0.05) is 48.8 Å². The van der Waals surface area contributed by atoms with Crippen molar-refractivity contribution in [3.63, 3.8) is 0 Å². The van der Waals surface area contributed by atoms with Crippen LogP contribution in [0.25, 0.3) is 0 Å². The number of hydrogen-bond donors (Lipinski definition) is 0. The summed E-state index contributed by atoms with van der Waals surface area (Å²) in [7, 11) is 0.